The van der Waals surface area contributed by atoms with Crippen molar-refractivity contribution in [3.63, 3.8) is 0 Å². The summed E-state index contributed by atoms with van der Waals surface area (Å²) >= 11 is 0. The molecule has 0 aliphatic heterocycles. The molecule has 2 aromatic carbocycles. The second-order valence-corrected chi connectivity index (χ2v) is 8.28. The number of rotatable bonds is 8. The largest absolute Gasteiger partial charge is 0.383 e. The number of methoxy groups -OCH3 is 1. The number of nitrogens with one attached hydrogen (secondary N) is 1. The Balaban J connectivity index is 2.21. The molecule has 0 saturated carbocycles. The molecule has 1 amide bonds. The summed E-state index contributed by atoms with van der Waals surface area (Å²) < 4.78 is 32.1. The van der Waals surface area contributed by atoms with Crippen molar-refractivity contribution in [3.8, 4) is 0 Å². The van der Waals surface area contributed by atoms with Crippen molar-refractivity contribution in [2.45, 2.75) is 25.3 Å². The van der Waals surface area contributed by atoms with Crippen LogP contribution in [-0.4, -0.2) is 46.5 Å². The van der Waals surface area contributed by atoms with Gasteiger partial charge in [-0.25, -0.2) is 13.1 Å². The fourth-order valence-corrected chi connectivity index (χ4v) is 3.64. The molecular weight excluding hydrogens is 364 g/mol. The van der Waals surface area contributed by atoms with Gasteiger partial charge in [-0.1, -0.05) is 35.9 Å². The molecule has 0 saturated heterocycles. The molecule has 0 heterocycles. The van der Waals surface area contributed by atoms with E-state index >= 15 is 0 Å². The van der Waals surface area contributed by atoms with Crippen LogP contribution >= 0.6 is 0 Å². The van der Waals surface area contributed by atoms with Gasteiger partial charge >= 0.3 is 0 Å². The minimum atomic E-state index is -3.70. The van der Waals surface area contributed by atoms with Gasteiger partial charge in [0.25, 0.3) is 5.91 Å². The first-order valence-corrected chi connectivity index (χ1v) is 10.1. The van der Waals surface area contributed by atoms with E-state index in [2.05, 4.69) is 4.72 Å². The van der Waals surface area contributed by atoms with Crippen LogP contribution in [0.2, 0.25) is 0 Å². The smallest absolute Gasteiger partial charge is 0.254 e. The minimum absolute atomic E-state index is 0.0660. The van der Waals surface area contributed by atoms with E-state index in [1.807, 2.05) is 31.2 Å². The Kier molecular flexibility index (Phi) is 7.12. The lowest BCUT2D eigenvalue weighted by Crippen LogP contribution is -2.29. The maximum absolute atomic E-state index is 12.9. The van der Waals surface area contributed by atoms with E-state index in [0.717, 1.165) is 16.7 Å². The van der Waals surface area contributed by atoms with Crippen molar-refractivity contribution < 1.29 is 17.9 Å². The molecule has 1 N–H and O–H groups in total. The standard InChI is InChI=1S/C20H26N2O4S/c1-15-5-8-17(9-6-15)14-22(3)20(23)19-13-18(10-7-16(19)2)27(24,25)21-11-12-26-4/h5-10,13,21H,11-12,14H2,1-4H3. The first-order valence-electron chi connectivity index (χ1n) is 8.65. The third-order valence-electron chi connectivity index (χ3n) is 4.24. The van der Waals surface area contributed by atoms with Gasteiger partial charge < -0.3 is 9.64 Å². The number of ether oxygens (including phenoxy) is 1. The van der Waals surface area contributed by atoms with Gasteiger partial charge in [-0.15, -0.1) is 0 Å². The predicted octanol–water partition coefficient (Wildman–Crippen LogP) is 2.50. The van der Waals surface area contributed by atoms with Crippen molar-refractivity contribution in [1.29, 1.82) is 0 Å². The van der Waals surface area contributed by atoms with E-state index in [0.29, 0.717) is 12.1 Å². The Bertz CT molecular complexity index is 893. The highest BCUT2D eigenvalue weighted by atomic mass is 32.2. The molecule has 0 atom stereocenters. The number of hydrogen-bond donors (Lipinski definition) is 1. The van der Waals surface area contributed by atoms with Gasteiger partial charge in [-0.05, 0) is 37.1 Å². The van der Waals surface area contributed by atoms with Crippen LogP contribution in [0.5, 0.6) is 0 Å². The fourth-order valence-electron chi connectivity index (χ4n) is 2.60. The maximum atomic E-state index is 12.9. The SMILES string of the molecule is COCCNS(=O)(=O)c1ccc(C)c(C(=O)N(C)Cc2ccc(C)cc2)c1. The van der Waals surface area contributed by atoms with Gasteiger partial charge in [-0.2, -0.15) is 0 Å². The lowest BCUT2D eigenvalue weighted by molar-refractivity contribution is 0.0784. The molecule has 2 rings (SSSR count). The number of amides is 1. The van der Waals surface area contributed by atoms with Gasteiger partial charge in [0.1, 0.15) is 0 Å². The van der Waals surface area contributed by atoms with Crippen LogP contribution in [0.25, 0.3) is 0 Å². The van der Waals surface area contributed by atoms with Crippen LogP contribution in [0.3, 0.4) is 0 Å². The number of sulfonamides is 1. The van der Waals surface area contributed by atoms with Crippen molar-refractivity contribution in [2.75, 3.05) is 27.3 Å². The second kappa shape index (κ2) is 9.12. The van der Waals surface area contributed by atoms with Crippen LogP contribution in [0.4, 0.5) is 0 Å². The second-order valence-electron chi connectivity index (χ2n) is 6.51. The highest BCUT2D eigenvalue weighted by molar-refractivity contribution is 7.89. The van der Waals surface area contributed by atoms with E-state index in [-0.39, 0.29) is 24.0 Å². The Morgan fingerprint density at radius 3 is 2.41 bits per heavy atom. The zero-order valence-electron chi connectivity index (χ0n) is 16.2. The first kappa shape index (κ1) is 21.1. The molecule has 0 aliphatic rings. The van der Waals surface area contributed by atoms with Gasteiger partial charge in [0, 0.05) is 32.8 Å². The highest BCUT2D eigenvalue weighted by Gasteiger charge is 2.20. The lowest BCUT2D eigenvalue weighted by Gasteiger charge is -2.19. The van der Waals surface area contributed by atoms with Crippen LogP contribution in [0.1, 0.15) is 27.0 Å². The molecule has 0 unspecified atom stereocenters. The van der Waals surface area contributed by atoms with E-state index in [9.17, 15) is 13.2 Å². The molecule has 0 aromatic heterocycles. The van der Waals surface area contributed by atoms with E-state index in [1.165, 1.54) is 19.2 Å². The summed E-state index contributed by atoms with van der Waals surface area (Å²) in [4.78, 5) is 14.5. The monoisotopic (exact) mass is 390 g/mol. The molecule has 0 aliphatic carbocycles. The highest BCUT2D eigenvalue weighted by Crippen LogP contribution is 2.18. The van der Waals surface area contributed by atoms with Crippen LogP contribution in [-0.2, 0) is 21.3 Å². The Labute approximate surface area is 161 Å². The molecule has 2 aromatic rings. The van der Waals surface area contributed by atoms with Crippen LogP contribution < -0.4 is 4.72 Å². The summed E-state index contributed by atoms with van der Waals surface area (Å²) in [6, 6.07) is 12.5. The molecule has 0 fully saturated rings. The third kappa shape index (κ3) is 5.63. The average molecular weight is 391 g/mol. The molecule has 27 heavy (non-hydrogen) atoms. The quantitative estimate of drug-likeness (QED) is 0.703. The molecule has 0 spiro atoms. The normalized spacial score (nSPS) is 11.4. The molecular formula is C20H26N2O4S. The summed E-state index contributed by atoms with van der Waals surface area (Å²) in [5.41, 5.74) is 3.27. The predicted molar refractivity (Wildman–Crippen MR) is 105 cm³/mol. The maximum Gasteiger partial charge on any atom is 0.254 e. The van der Waals surface area contributed by atoms with Crippen molar-refractivity contribution in [3.05, 3.63) is 64.7 Å². The molecule has 0 radical (unpaired) electrons. The summed E-state index contributed by atoms with van der Waals surface area (Å²) in [5, 5.41) is 0. The number of aryl methyl sites for hydroxylation is 2. The number of nitrogens with zero attached hydrogens (tertiary/aromatic N) is 1. The zero-order chi connectivity index (χ0) is 20.0. The van der Waals surface area contributed by atoms with E-state index in [1.54, 1.807) is 24.9 Å². The average Bonchev–Trinajstić information content (AvgIpc) is 2.63. The van der Waals surface area contributed by atoms with Crippen LogP contribution in [0, 0.1) is 13.8 Å². The van der Waals surface area contributed by atoms with Crippen molar-refractivity contribution >= 4 is 15.9 Å². The summed E-state index contributed by atoms with van der Waals surface area (Å²) in [6.45, 7) is 4.69. The van der Waals surface area contributed by atoms with Crippen molar-refractivity contribution in [1.82, 2.24) is 9.62 Å². The Morgan fingerprint density at radius 1 is 1.11 bits per heavy atom. The first-order chi connectivity index (χ1) is 12.7. The summed E-state index contributed by atoms with van der Waals surface area (Å²) in [5.74, 6) is -0.220. The molecule has 146 valence electrons. The molecule has 0 bridgehead atoms. The van der Waals surface area contributed by atoms with E-state index in [4.69, 9.17) is 4.74 Å². The molecule has 6 nitrogen and oxygen atoms in total. The third-order valence-corrected chi connectivity index (χ3v) is 5.69. The number of benzene rings is 2. The Morgan fingerprint density at radius 2 is 1.78 bits per heavy atom. The summed E-state index contributed by atoms with van der Waals surface area (Å²) in [7, 11) is -0.487. The Hall–Kier alpha value is -2.22. The van der Waals surface area contributed by atoms with Gasteiger partial charge in [0.15, 0.2) is 0 Å². The van der Waals surface area contributed by atoms with Crippen molar-refractivity contribution in [2.24, 2.45) is 0 Å². The zero-order valence-corrected chi connectivity index (χ0v) is 17.0. The fraction of sp³-hybridized carbons (Fsp3) is 0.350. The van der Waals surface area contributed by atoms with Gasteiger partial charge in [0.05, 0.1) is 11.5 Å². The topological polar surface area (TPSA) is 75.7 Å². The summed E-state index contributed by atoms with van der Waals surface area (Å²) in [6.07, 6.45) is 0. The van der Waals surface area contributed by atoms with Gasteiger partial charge in [-0.3, -0.25) is 4.79 Å². The lowest BCUT2D eigenvalue weighted by atomic mass is 10.1. The minimum Gasteiger partial charge on any atom is -0.383 e. The van der Waals surface area contributed by atoms with Gasteiger partial charge in [0.2, 0.25) is 10.0 Å². The molecule has 7 heteroatoms. The number of hydrogen-bond acceptors (Lipinski definition) is 4. The number of carbonyl (C=O) groups excluding carboxylic acids is 1. The van der Waals surface area contributed by atoms with Crippen LogP contribution in [0.15, 0.2) is 47.4 Å². The van der Waals surface area contributed by atoms with E-state index < -0.39 is 10.0 Å². The number of carbonyl (C=O) groups is 1.